The molecule has 2 aliphatic heterocycles. The van der Waals surface area contributed by atoms with Crippen molar-refractivity contribution in [2.24, 2.45) is 5.92 Å². The van der Waals surface area contributed by atoms with Crippen LogP contribution in [0.2, 0.25) is 0 Å². The molecule has 0 spiro atoms. The van der Waals surface area contributed by atoms with Crippen molar-refractivity contribution in [2.75, 3.05) is 39.8 Å². The van der Waals surface area contributed by atoms with Gasteiger partial charge in [0.15, 0.2) is 0 Å². The number of amides is 2. The molecular weight excluding hydrogens is 206 g/mol. The quantitative estimate of drug-likeness (QED) is 0.675. The summed E-state index contributed by atoms with van der Waals surface area (Å²) in [5.74, 6) is 0.630. The Morgan fingerprint density at radius 2 is 2.12 bits per heavy atom. The highest BCUT2D eigenvalue weighted by molar-refractivity contribution is 5.92. The van der Waals surface area contributed by atoms with Crippen molar-refractivity contribution >= 4 is 11.8 Å². The maximum atomic E-state index is 11.7. The van der Waals surface area contributed by atoms with E-state index in [1.165, 1.54) is 11.3 Å². The first-order chi connectivity index (χ1) is 7.66. The van der Waals surface area contributed by atoms with Gasteiger partial charge >= 0.3 is 0 Å². The van der Waals surface area contributed by atoms with Crippen LogP contribution in [0.1, 0.15) is 12.8 Å². The fourth-order valence-corrected chi connectivity index (χ4v) is 2.32. The van der Waals surface area contributed by atoms with Gasteiger partial charge in [-0.1, -0.05) is 0 Å². The average molecular weight is 225 g/mol. The molecule has 0 saturated carbocycles. The van der Waals surface area contributed by atoms with E-state index in [2.05, 4.69) is 5.32 Å². The number of likely N-dealkylation sites (N-methyl/N-ethyl adjacent to an activating group) is 1. The Morgan fingerprint density at radius 3 is 2.81 bits per heavy atom. The third-order valence-corrected chi connectivity index (χ3v) is 3.35. The first-order valence-electron chi connectivity index (χ1n) is 5.89. The highest BCUT2D eigenvalue weighted by Crippen LogP contribution is 2.13. The van der Waals surface area contributed by atoms with Crippen molar-refractivity contribution in [3.05, 3.63) is 0 Å². The van der Waals surface area contributed by atoms with Gasteiger partial charge in [-0.15, -0.1) is 0 Å². The normalized spacial score (nSPS) is 27.4. The summed E-state index contributed by atoms with van der Waals surface area (Å²) < 4.78 is 0. The number of nitrogens with zero attached hydrogens (tertiary/aromatic N) is 2. The van der Waals surface area contributed by atoms with Crippen LogP contribution in [-0.4, -0.2) is 61.4 Å². The molecular formula is C11H19N3O2. The van der Waals surface area contributed by atoms with E-state index >= 15 is 0 Å². The topological polar surface area (TPSA) is 52.7 Å². The number of piperidine rings is 1. The number of carbonyl (C=O) groups excluding carboxylic acids is 2. The first kappa shape index (κ1) is 11.4. The summed E-state index contributed by atoms with van der Waals surface area (Å²) in [5.41, 5.74) is 0. The lowest BCUT2D eigenvalue weighted by molar-refractivity contribution is -0.149. The van der Waals surface area contributed by atoms with Crippen LogP contribution in [0, 0.1) is 5.92 Å². The molecule has 2 saturated heterocycles. The minimum atomic E-state index is 0.0448. The fraction of sp³-hybridized carbons (Fsp3) is 0.818. The van der Waals surface area contributed by atoms with Crippen molar-refractivity contribution in [2.45, 2.75) is 12.8 Å². The molecule has 5 heteroatoms. The lowest BCUT2D eigenvalue weighted by atomic mass is 9.99. The first-order valence-corrected chi connectivity index (χ1v) is 5.89. The van der Waals surface area contributed by atoms with Gasteiger partial charge in [0.25, 0.3) is 0 Å². The molecule has 0 bridgehead atoms. The van der Waals surface area contributed by atoms with E-state index in [9.17, 15) is 9.59 Å². The number of hydrogen-bond donors (Lipinski definition) is 1. The second-order valence-corrected chi connectivity index (χ2v) is 4.74. The molecule has 2 heterocycles. The summed E-state index contributed by atoms with van der Waals surface area (Å²) in [6, 6.07) is 0. The lowest BCUT2D eigenvalue weighted by Crippen LogP contribution is -2.54. The molecule has 2 aliphatic rings. The molecule has 0 radical (unpaired) electrons. The number of carbonyl (C=O) groups is 2. The van der Waals surface area contributed by atoms with Crippen LogP contribution in [0.15, 0.2) is 0 Å². The van der Waals surface area contributed by atoms with Crippen LogP contribution in [0.5, 0.6) is 0 Å². The summed E-state index contributed by atoms with van der Waals surface area (Å²) in [4.78, 5) is 26.5. The Morgan fingerprint density at radius 1 is 1.31 bits per heavy atom. The van der Waals surface area contributed by atoms with Gasteiger partial charge < -0.3 is 15.1 Å². The SMILES string of the molecule is CN1CC(=O)N(CC2CCCNC2)CC1=O. The maximum absolute atomic E-state index is 11.7. The Hall–Kier alpha value is -1.10. The molecule has 5 nitrogen and oxygen atoms in total. The van der Waals surface area contributed by atoms with E-state index in [-0.39, 0.29) is 24.9 Å². The highest BCUT2D eigenvalue weighted by atomic mass is 16.2. The Bertz CT molecular complexity index is 287. The number of rotatable bonds is 2. The lowest BCUT2D eigenvalue weighted by Gasteiger charge is -2.35. The van der Waals surface area contributed by atoms with Gasteiger partial charge in [-0.2, -0.15) is 0 Å². The Balaban J connectivity index is 1.88. The number of hydrogen-bond acceptors (Lipinski definition) is 3. The van der Waals surface area contributed by atoms with Crippen LogP contribution in [0.3, 0.4) is 0 Å². The predicted molar refractivity (Wildman–Crippen MR) is 59.8 cm³/mol. The van der Waals surface area contributed by atoms with Gasteiger partial charge in [0.1, 0.15) is 0 Å². The molecule has 2 rings (SSSR count). The summed E-state index contributed by atoms with van der Waals surface area (Å²) in [5, 5.41) is 3.33. The van der Waals surface area contributed by atoms with Crippen molar-refractivity contribution in [1.82, 2.24) is 15.1 Å². The third-order valence-electron chi connectivity index (χ3n) is 3.35. The molecule has 0 aliphatic carbocycles. The van der Waals surface area contributed by atoms with Crippen LogP contribution < -0.4 is 5.32 Å². The van der Waals surface area contributed by atoms with E-state index in [4.69, 9.17) is 0 Å². The van der Waals surface area contributed by atoms with E-state index in [0.717, 1.165) is 26.1 Å². The molecule has 2 fully saturated rings. The van der Waals surface area contributed by atoms with Crippen LogP contribution in [0.4, 0.5) is 0 Å². The van der Waals surface area contributed by atoms with Gasteiger partial charge in [-0.25, -0.2) is 0 Å². The third kappa shape index (κ3) is 2.52. The van der Waals surface area contributed by atoms with Gasteiger partial charge in [-0.3, -0.25) is 9.59 Å². The molecule has 90 valence electrons. The van der Waals surface area contributed by atoms with Gasteiger partial charge in [0.05, 0.1) is 13.1 Å². The molecule has 2 amide bonds. The minimum Gasteiger partial charge on any atom is -0.335 e. The van der Waals surface area contributed by atoms with Crippen molar-refractivity contribution < 1.29 is 9.59 Å². The Kier molecular flexibility index (Phi) is 3.43. The van der Waals surface area contributed by atoms with Crippen LogP contribution >= 0.6 is 0 Å². The zero-order valence-corrected chi connectivity index (χ0v) is 9.74. The smallest absolute Gasteiger partial charge is 0.242 e. The van der Waals surface area contributed by atoms with Crippen molar-refractivity contribution in [1.29, 1.82) is 0 Å². The van der Waals surface area contributed by atoms with Gasteiger partial charge in [-0.05, 0) is 31.8 Å². The van der Waals surface area contributed by atoms with Crippen LogP contribution in [-0.2, 0) is 9.59 Å². The molecule has 0 aromatic heterocycles. The summed E-state index contributed by atoms with van der Waals surface area (Å²) >= 11 is 0. The van der Waals surface area contributed by atoms with E-state index in [0.29, 0.717) is 5.92 Å². The summed E-state index contributed by atoms with van der Waals surface area (Å²) in [6.07, 6.45) is 2.32. The number of piperazine rings is 1. The van der Waals surface area contributed by atoms with Gasteiger partial charge in [0.2, 0.25) is 11.8 Å². The molecule has 1 N–H and O–H groups in total. The predicted octanol–water partition coefficient (Wildman–Crippen LogP) is -0.713. The number of nitrogens with one attached hydrogen (secondary N) is 1. The zero-order valence-electron chi connectivity index (χ0n) is 9.74. The standard InChI is InChI=1S/C11H19N3O2/c1-13-7-11(16)14(8-10(13)15)6-9-3-2-4-12-5-9/h9,12H,2-8H2,1H3. The van der Waals surface area contributed by atoms with E-state index < -0.39 is 0 Å². The zero-order chi connectivity index (χ0) is 11.5. The van der Waals surface area contributed by atoms with Crippen molar-refractivity contribution in [3.8, 4) is 0 Å². The van der Waals surface area contributed by atoms with E-state index in [1.54, 1.807) is 11.9 Å². The minimum absolute atomic E-state index is 0.0448. The molecule has 1 atom stereocenters. The second kappa shape index (κ2) is 4.82. The van der Waals surface area contributed by atoms with Gasteiger partial charge in [0, 0.05) is 13.6 Å². The summed E-state index contributed by atoms with van der Waals surface area (Å²) in [6.45, 7) is 3.26. The van der Waals surface area contributed by atoms with Crippen molar-refractivity contribution in [3.63, 3.8) is 0 Å². The molecule has 1 unspecified atom stereocenters. The molecule has 0 aromatic rings. The molecule has 16 heavy (non-hydrogen) atoms. The average Bonchev–Trinajstić information content (AvgIpc) is 2.27. The summed E-state index contributed by atoms with van der Waals surface area (Å²) in [7, 11) is 1.68. The second-order valence-electron chi connectivity index (χ2n) is 4.74. The van der Waals surface area contributed by atoms with Crippen LogP contribution in [0.25, 0.3) is 0 Å². The molecule has 0 aromatic carbocycles. The highest BCUT2D eigenvalue weighted by Gasteiger charge is 2.29. The Labute approximate surface area is 95.8 Å². The maximum Gasteiger partial charge on any atom is 0.242 e. The monoisotopic (exact) mass is 225 g/mol. The largest absolute Gasteiger partial charge is 0.335 e. The van der Waals surface area contributed by atoms with E-state index in [1.807, 2.05) is 0 Å². The fourth-order valence-electron chi connectivity index (χ4n) is 2.32.